The van der Waals surface area contributed by atoms with Gasteiger partial charge in [0.1, 0.15) is 0 Å². The maximum absolute atomic E-state index is 4.43. The Balaban J connectivity index is 1.98. The molecule has 0 aliphatic carbocycles. The van der Waals surface area contributed by atoms with Crippen LogP contribution in [0.1, 0.15) is 28.6 Å². The van der Waals surface area contributed by atoms with E-state index >= 15 is 0 Å². The summed E-state index contributed by atoms with van der Waals surface area (Å²) in [5.41, 5.74) is 4.57. The summed E-state index contributed by atoms with van der Waals surface area (Å²) in [7, 11) is 0. The van der Waals surface area contributed by atoms with Gasteiger partial charge in [0.2, 0.25) is 0 Å². The second kappa shape index (κ2) is 3.79. The first-order valence-electron chi connectivity index (χ1n) is 5.22. The Labute approximate surface area is 97.9 Å². The molecule has 3 heterocycles. The van der Waals surface area contributed by atoms with Gasteiger partial charge in [-0.05, 0) is 18.4 Å². The van der Waals surface area contributed by atoms with Crippen LogP contribution in [-0.2, 0) is 13.0 Å². The Hall–Kier alpha value is -1.55. The predicted octanol–water partition coefficient (Wildman–Crippen LogP) is 2.45. The van der Waals surface area contributed by atoms with Gasteiger partial charge in [0.25, 0.3) is 0 Å². The third-order valence-corrected chi connectivity index (χ3v) is 3.70. The molecule has 0 fully saturated rings. The van der Waals surface area contributed by atoms with Gasteiger partial charge < -0.3 is 0 Å². The molecule has 3 nitrogen and oxygen atoms in total. The van der Waals surface area contributed by atoms with Gasteiger partial charge in [0.05, 0.1) is 18.4 Å². The van der Waals surface area contributed by atoms with Gasteiger partial charge in [-0.3, -0.25) is 4.99 Å². The average Bonchev–Trinajstić information content (AvgIpc) is 2.90. The number of rotatable bonds is 2. The molecule has 0 saturated heterocycles. The molecule has 0 radical (unpaired) electrons. The number of aromatic nitrogens is 2. The maximum Gasteiger partial charge on any atom is 0.0740 e. The fraction of sp³-hybridized carbons (Fsp3) is 0.250. The molecule has 16 heavy (non-hydrogen) atoms. The summed E-state index contributed by atoms with van der Waals surface area (Å²) in [6.07, 6.45) is 2.69. The molecule has 0 saturated carbocycles. The van der Waals surface area contributed by atoms with Crippen molar-refractivity contribution < 1.29 is 0 Å². The van der Waals surface area contributed by atoms with Crippen molar-refractivity contribution in [3.8, 4) is 0 Å². The van der Waals surface area contributed by atoms with Crippen molar-refractivity contribution in [1.82, 2.24) is 10.2 Å². The minimum absolute atomic E-state index is 0.761. The summed E-state index contributed by atoms with van der Waals surface area (Å²) in [6.45, 7) is 2.79. The van der Waals surface area contributed by atoms with Crippen LogP contribution in [0.25, 0.3) is 0 Å². The van der Waals surface area contributed by atoms with Crippen LogP contribution in [0.3, 0.4) is 0 Å². The lowest BCUT2D eigenvalue weighted by Crippen LogP contribution is -2.03. The molecular weight excluding hydrogens is 218 g/mol. The van der Waals surface area contributed by atoms with E-state index in [0.29, 0.717) is 0 Å². The third kappa shape index (κ3) is 1.55. The SMILES string of the molecule is CC1=NCc2c1cnnc2Cc1cccs1. The van der Waals surface area contributed by atoms with Crippen LogP contribution in [0.5, 0.6) is 0 Å². The predicted molar refractivity (Wildman–Crippen MR) is 65.1 cm³/mol. The van der Waals surface area contributed by atoms with Crippen LogP contribution in [0.4, 0.5) is 0 Å². The molecule has 2 aromatic rings. The topological polar surface area (TPSA) is 38.1 Å². The van der Waals surface area contributed by atoms with E-state index in [1.54, 1.807) is 11.3 Å². The highest BCUT2D eigenvalue weighted by Gasteiger charge is 2.17. The first kappa shape index (κ1) is 9.66. The zero-order valence-corrected chi connectivity index (χ0v) is 9.79. The lowest BCUT2D eigenvalue weighted by Gasteiger charge is -2.04. The van der Waals surface area contributed by atoms with E-state index in [4.69, 9.17) is 0 Å². The number of thiophene rings is 1. The van der Waals surface area contributed by atoms with E-state index < -0.39 is 0 Å². The van der Waals surface area contributed by atoms with Gasteiger partial charge in [-0.15, -0.1) is 11.3 Å². The van der Waals surface area contributed by atoms with Crippen molar-refractivity contribution in [2.24, 2.45) is 4.99 Å². The Morgan fingerprint density at radius 1 is 1.44 bits per heavy atom. The van der Waals surface area contributed by atoms with Crippen molar-refractivity contribution in [3.63, 3.8) is 0 Å². The van der Waals surface area contributed by atoms with E-state index in [0.717, 1.165) is 24.4 Å². The summed E-state index contributed by atoms with van der Waals surface area (Å²) in [5, 5.41) is 10.4. The van der Waals surface area contributed by atoms with Gasteiger partial charge in [0, 0.05) is 28.1 Å². The van der Waals surface area contributed by atoms with E-state index in [-0.39, 0.29) is 0 Å². The Kier molecular flexibility index (Phi) is 2.29. The van der Waals surface area contributed by atoms with Crippen molar-refractivity contribution in [1.29, 1.82) is 0 Å². The van der Waals surface area contributed by atoms with Crippen LogP contribution >= 0.6 is 11.3 Å². The molecule has 2 aromatic heterocycles. The van der Waals surface area contributed by atoms with Crippen molar-refractivity contribution in [2.45, 2.75) is 19.9 Å². The quantitative estimate of drug-likeness (QED) is 0.793. The molecule has 80 valence electrons. The number of hydrogen-bond donors (Lipinski definition) is 0. The van der Waals surface area contributed by atoms with Gasteiger partial charge in [-0.25, -0.2) is 0 Å². The van der Waals surface area contributed by atoms with Crippen LogP contribution in [0, 0.1) is 0 Å². The Morgan fingerprint density at radius 2 is 2.38 bits per heavy atom. The highest BCUT2D eigenvalue weighted by Crippen LogP contribution is 2.23. The fourth-order valence-electron chi connectivity index (χ4n) is 1.94. The van der Waals surface area contributed by atoms with E-state index in [1.807, 2.05) is 13.1 Å². The molecule has 0 spiro atoms. The van der Waals surface area contributed by atoms with Crippen molar-refractivity contribution in [3.05, 3.63) is 45.4 Å². The number of hydrogen-bond acceptors (Lipinski definition) is 4. The van der Waals surface area contributed by atoms with Crippen molar-refractivity contribution >= 4 is 17.0 Å². The normalized spacial score (nSPS) is 13.7. The molecule has 1 aliphatic heterocycles. The minimum Gasteiger partial charge on any atom is -0.285 e. The molecule has 4 heteroatoms. The number of fused-ring (bicyclic) bond motifs is 1. The number of nitrogens with zero attached hydrogens (tertiary/aromatic N) is 3. The van der Waals surface area contributed by atoms with Gasteiger partial charge in [-0.2, -0.15) is 10.2 Å². The average molecular weight is 229 g/mol. The number of aliphatic imine (C=N–C) groups is 1. The summed E-state index contributed by atoms with van der Waals surface area (Å²) < 4.78 is 0. The molecule has 0 aromatic carbocycles. The van der Waals surface area contributed by atoms with E-state index in [1.165, 1.54) is 16.0 Å². The largest absolute Gasteiger partial charge is 0.285 e. The fourth-order valence-corrected chi connectivity index (χ4v) is 2.65. The third-order valence-electron chi connectivity index (χ3n) is 2.82. The van der Waals surface area contributed by atoms with Crippen LogP contribution < -0.4 is 0 Å². The maximum atomic E-state index is 4.43. The summed E-state index contributed by atoms with van der Waals surface area (Å²) >= 11 is 1.76. The highest BCUT2D eigenvalue weighted by molar-refractivity contribution is 7.09. The summed E-state index contributed by atoms with van der Waals surface area (Å²) in [6, 6.07) is 4.20. The van der Waals surface area contributed by atoms with E-state index in [2.05, 4.69) is 32.7 Å². The van der Waals surface area contributed by atoms with E-state index in [9.17, 15) is 0 Å². The molecule has 0 bridgehead atoms. The lowest BCUT2D eigenvalue weighted by molar-refractivity contribution is 0.900. The molecule has 0 atom stereocenters. The molecule has 3 rings (SSSR count). The zero-order valence-electron chi connectivity index (χ0n) is 8.97. The summed E-state index contributed by atoms with van der Waals surface area (Å²) in [5.74, 6) is 0. The first-order valence-corrected chi connectivity index (χ1v) is 6.10. The molecule has 1 aliphatic rings. The monoisotopic (exact) mass is 229 g/mol. The zero-order chi connectivity index (χ0) is 11.0. The standard InChI is InChI=1S/C12H11N3S/c1-8-10-7-14-15-12(11(10)6-13-8)5-9-3-2-4-16-9/h2-4,7H,5-6H2,1H3. The second-order valence-electron chi connectivity index (χ2n) is 3.84. The molecule has 0 unspecified atom stereocenters. The molecule has 0 amide bonds. The highest BCUT2D eigenvalue weighted by atomic mass is 32.1. The first-order chi connectivity index (χ1) is 7.84. The van der Waals surface area contributed by atoms with Gasteiger partial charge in [0.15, 0.2) is 0 Å². The van der Waals surface area contributed by atoms with Crippen LogP contribution in [-0.4, -0.2) is 15.9 Å². The van der Waals surface area contributed by atoms with Gasteiger partial charge in [-0.1, -0.05) is 6.07 Å². The summed E-state index contributed by atoms with van der Waals surface area (Å²) in [4.78, 5) is 5.76. The van der Waals surface area contributed by atoms with Crippen LogP contribution in [0.15, 0.2) is 28.7 Å². The lowest BCUT2D eigenvalue weighted by atomic mass is 10.1. The van der Waals surface area contributed by atoms with Crippen molar-refractivity contribution in [2.75, 3.05) is 0 Å². The molecule has 0 N–H and O–H groups in total. The minimum atomic E-state index is 0.761. The molecular formula is C12H11N3S. The van der Waals surface area contributed by atoms with Crippen LogP contribution in [0.2, 0.25) is 0 Å². The smallest absolute Gasteiger partial charge is 0.0740 e. The Bertz CT molecular complexity index is 543. The van der Waals surface area contributed by atoms with Gasteiger partial charge >= 0.3 is 0 Å². The second-order valence-corrected chi connectivity index (χ2v) is 4.87. The Morgan fingerprint density at radius 3 is 3.19 bits per heavy atom.